The van der Waals surface area contributed by atoms with Crippen molar-refractivity contribution in [3.8, 4) is 0 Å². The van der Waals surface area contributed by atoms with E-state index in [1.807, 2.05) is 17.9 Å². The smallest absolute Gasteiger partial charge is 0.351 e. The van der Waals surface area contributed by atoms with Gasteiger partial charge in [0.15, 0.2) is 0 Å². The van der Waals surface area contributed by atoms with Crippen LogP contribution >= 0.6 is 0 Å². The zero-order chi connectivity index (χ0) is 20.2. The molecule has 3 aliphatic rings. The van der Waals surface area contributed by atoms with Crippen LogP contribution < -0.4 is 9.80 Å². The molecule has 2 aromatic rings. The summed E-state index contributed by atoms with van der Waals surface area (Å²) in [5, 5.41) is 0. The van der Waals surface area contributed by atoms with Gasteiger partial charge in [0.2, 0.25) is 5.95 Å². The van der Waals surface area contributed by atoms with Crippen molar-refractivity contribution >= 4 is 11.8 Å². The first-order valence-corrected chi connectivity index (χ1v) is 10.2. The summed E-state index contributed by atoms with van der Waals surface area (Å²) in [6.45, 7) is 4.18. The lowest BCUT2D eigenvalue weighted by molar-refractivity contribution is -0.141. The fourth-order valence-corrected chi connectivity index (χ4v) is 4.51. The van der Waals surface area contributed by atoms with Crippen molar-refractivity contribution in [1.29, 1.82) is 0 Å². The lowest BCUT2D eigenvalue weighted by Gasteiger charge is -2.39. The first kappa shape index (κ1) is 18.6. The Kier molecular flexibility index (Phi) is 4.36. The van der Waals surface area contributed by atoms with Crippen molar-refractivity contribution in [2.24, 2.45) is 5.92 Å². The maximum absolute atomic E-state index is 13.0. The van der Waals surface area contributed by atoms with E-state index in [0.717, 1.165) is 55.6 Å². The molecular formula is C20H23F3N6. The summed E-state index contributed by atoms with van der Waals surface area (Å²) in [7, 11) is 0. The second-order valence-corrected chi connectivity index (χ2v) is 8.28. The van der Waals surface area contributed by atoms with Gasteiger partial charge in [0.05, 0.1) is 6.04 Å². The number of nitrogens with zero attached hydrogens (tertiary/aromatic N) is 6. The van der Waals surface area contributed by atoms with Crippen LogP contribution in [-0.4, -0.2) is 45.6 Å². The largest absolute Gasteiger partial charge is 0.433 e. The van der Waals surface area contributed by atoms with E-state index in [9.17, 15) is 13.2 Å². The highest BCUT2D eigenvalue weighted by atomic mass is 19.4. The molecule has 0 aromatic carbocycles. The van der Waals surface area contributed by atoms with Crippen molar-refractivity contribution in [1.82, 2.24) is 19.9 Å². The van der Waals surface area contributed by atoms with Crippen molar-refractivity contribution < 1.29 is 13.2 Å². The second-order valence-electron chi connectivity index (χ2n) is 8.28. The van der Waals surface area contributed by atoms with Gasteiger partial charge in [0.1, 0.15) is 17.3 Å². The minimum atomic E-state index is -4.47. The molecular weight excluding hydrogens is 381 g/mol. The van der Waals surface area contributed by atoms with E-state index in [2.05, 4.69) is 19.9 Å². The average Bonchev–Trinajstić information content (AvgIpc) is 3.46. The predicted molar refractivity (Wildman–Crippen MR) is 102 cm³/mol. The number of hydrogen-bond acceptors (Lipinski definition) is 6. The predicted octanol–water partition coefficient (Wildman–Crippen LogP) is 3.58. The summed E-state index contributed by atoms with van der Waals surface area (Å²) in [6.07, 6.45) is 1.02. The van der Waals surface area contributed by atoms with E-state index in [-0.39, 0.29) is 12.0 Å². The zero-order valence-electron chi connectivity index (χ0n) is 16.2. The van der Waals surface area contributed by atoms with Gasteiger partial charge in [0, 0.05) is 43.5 Å². The standard InChI is InChI=1S/C20H23F3N6/c1-12-10-17(27-18(25-12)14-2-3-14)29-9-6-13-5-8-28(11-15(13)29)19-24-7-4-16(26-19)20(21,22)23/h4,7,10,13-15H,2-3,5-6,8-9,11H2,1H3. The van der Waals surface area contributed by atoms with E-state index in [4.69, 9.17) is 4.98 Å². The van der Waals surface area contributed by atoms with Crippen LogP contribution in [0.5, 0.6) is 0 Å². The van der Waals surface area contributed by atoms with Crippen molar-refractivity contribution in [2.45, 2.75) is 50.7 Å². The van der Waals surface area contributed by atoms with E-state index in [0.29, 0.717) is 24.9 Å². The van der Waals surface area contributed by atoms with E-state index in [1.165, 1.54) is 6.20 Å². The molecule has 3 fully saturated rings. The van der Waals surface area contributed by atoms with Crippen LogP contribution in [0.25, 0.3) is 0 Å². The highest BCUT2D eigenvalue weighted by Crippen LogP contribution is 2.40. The number of anilines is 2. The molecule has 6 nitrogen and oxygen atoms in total. The highest BCUT2D eigenvalue weighted by molar-refractivity contribution is 5.45. The van der Waals surface area contributed by atoms with Crippen LogP contribution in [0.3, 0.4) is 0 Å². The Hall–Kier alpha value is -2.45. The number of piperidine rings is 1. The summed E-state index contributed by atoms with van der Waals surface area (Å²) in [4.78, 5) is 21.5. The summed E-state index contributed by atoms with van der Waals surface area (Å²) in [5.41, 5.74) is 0.0719. The van der Waals surface area contributed by atoms with Gasteiger partial charge in [-0.25, -0.2) is 19.9 Å². The zero-order valence-corrected chi connectivity index (χ0v) is 16.2. The molecule has 2 saturated heterocycles. The molecule has 4 heterocycles. The fraction of sp³-hybridized carbons (Fsp3) is 0.600. The van der Waals surface area contributed by atoms with E-state index in [1.54, 1.807) is 0 Å². The first-order chi connectivity index (χ1) is 13.9. The maximum atomic E-state index is 13.0. The van der Waals surface area contributed by atoms with Gasteiger partial charge in [-0.1, -0.05) is 0 Å². The molecule has 0 spiro atoms. The number of aryl methyl sites for hydroxylation is 1. The molecule has 154 valence electrons. The Labute approximate surface area is 167 Å². The molecule has 2 unspecified atom stereocenters. The third kappa shape index (κ3) is 3.62. The number of alkyl halides is 3. The average molecular weight is 404 g/mol. The van der Waals surface area contributed by atoms with Gasteiger partial charge in [0.25, 0.3) is 0 Å². The fourth-order valence-electron chi connectivity index (χ4n) is 4.51. The van der Waals surface area contributed by atoms with Gasteiger partial charge in [-0.15, -0.1) is 0 Å². The monoisotopic (exact) mass is 404 g/mol. The third-order valence-electron chi connectivity index (χ3n) is 6.17. The number of fused-ring (bicyclic) bond motifs is 1. The summed E-state index contributed by atoms with van der Waals surface area (Å²) < 4.78 is 39.1. The normalized spacial score (nSPS) is 24.7. The summed E-state index contributed by atoms with van der Waals surface area (Å²) >= 11 is 0. The number of halogens is 3. The number of rotatable bonds is 3. The molecule has 0 bridgehead atoms. The molecule has 29 heavy (non-hydrogen) atoms. The molecule has 1 saturated carbocycles. The highest BCUT2D eigenvalue weighted by Gasteiger charge is 2.41. The van der Waals surface area contributed by atoms with Crippen LogP contribution in [0.4, 0.5) is 24.9 Å². The number of aromatic nitrogens is 4. The molecule has 2 aliphatic heterocycles. The molecule has 2 aromatic heterocycles. The van der Waals surface area contributed by atoms with Crippen molar-refractivity contribution in [2.75, 3.05) is 29.4 Å². The lowest BCUT2D eigenvalue weighted by Crippen LogP contribution is -2.49. The molecule has 0 radical (unpaired) electrons. The Morgan fingerprint density at radius 3 is 2.59 bits per heavy atom. The van der Waals surface area contributed by atoms with Crippen LogP contribution in [0.2, 0.25) is 0 Å². The van der Waals surface area contributed by atoms with Crippen LogP contribution in [0, 0.1) is 12.8 Å². The topological polar surface area (TPSA) is 58.0 Å². The Bertz CT molecular complexity index is 913. The van der Waals surface area contributed by atoms with E-state index >= 15 is 0 Å². The minimum absolute atomic E-state index is 0.155. The summed E-state index contributed by atoms with van der Waals surface area (Å²) in [6, 6.07) is 3.14. The van der Waals surface area contributed by atoms with Gasteiger partial charge in [-0.3, -0.25) is 0 Å². The van der Waals surface area contributed by atoms with Crippen LogP contribution in [-0.2, 0) is 6.18 Å². The Morgan fingerprint density at radius 1 is 1.03 bits per heavy atom. The molecule has 1 aliphatic carbocycles. The van der Waals surface area contributed by atoms with Gasteiger partial charge in [-0.2, -0.15) is 13.2 Å². The quantitative estimate of drug-likeness (QED) is 0.780. The maximum Gasteiger partial charge on any atom is 0.433 e. The summed E-state index contributed by atoms with van der Waals surface area (Å²) in [5.74, 6) is 3.02. The van der Waals surface area contributed by atoms with Crippen LogP contribution in [0.15, 0.2) is 18.3 Å². The Balaban J connectivity index is 1.40. The molecule has 0 amide bonds. The molecule has 0 N–H and O–H groups in total. The molecule has 2 atom stereocenters. The lowest BCUT2D eigenvalue weighted by atomic mass is 9.92. The molecule has 9 heteroatoms. The SMILES string of the molecule is Cc1cc(N2CCC3CCN(c4nccc(C(F)(F)F)n4)CC32)nc(C2CC2)n1. The van der Waals surface area contributed by atoms with Gasteiger partial charge in [-0.05, 0) is 44.6 Å². The number of hydrogen-bond donors (Lipinski definition) is 0. The molecule has 5 rings (SSSR count). The first-order valence-electron chi connectivity index (χ1n) is 10.2. The van der Waals surface area contributed by atoms with Crippen LogP contribution in [0.1, 0.15) is 48.8 Å². The van der Waals surface area contributed by atoms with Crippen molar-refractivity contribution in [3.63, 3.8) is 0 Å². The second kappa shape index (κ2) is 6.81. The third-order valence-corrected chi connectivity index (χ3v) is 6.17. The van der Waals surface area contributed by atoms with E-state index < -0.39 is 11.9 Å². The van der Waals surface area contributed by atoms with Crippen molar-refractivity contribution in [3.05, 3.63) is 35.5 Å². The Morgan fingerprint density at radius 2 is 1.83 bits per heavy atom. The minimum Gasteiger partial charge on any atom is -0.351 e. The van der Waals surface area contributed by atoms with Gasteiger partial charge >= 0.3 is 6.18 Å². The van der Waals surface area contributed by atoms with Gasteiger partial charge < -0.3 is 9.80 Å².